The molecule has 2 aromatic carbocycles. The van der Waals surface area contributed by atoms with Crippen LogP contribution >= 0.6 is 0 Å². The monoisotopic (exact) mass is 418 g/mol. The lowest BCUT2D eigenvalue weighted by atomic mass is 10.1. The Morgan fingerprint density at radius 2 is 1.69 bits per heavy atom. The summed E-state index contributed by atoms with van der Waals surface area (Å²) in [7, 11) is -3.81. The molecule has 0 amide bonds. The number of rotatable bonds is 9. The Kier molecular flexibility index (Phi) is 7.24. The van der Waals surface area contributed by atoms with Crippen LogP contribution in [0.5, 0.6) is 5.75 Å². The fraction of sp³-hybridized carbons (Fsp3) is 0.381. The number of nitrogens with one attached hydrogen (secondary N) is 1. The molecule has 156 valence electrons. The zero-order valence-electron chi connectivity index (χ0n) is 16.2. The van der Waals surface area contributed by atoms with Crippen molar-refractivity contribution in [1.29, 1.82) is 0 Å². The number of likely N-dealkylation sites (tertiary alicyclic amines) is 1. The van der Waals surface area contributed by atoms with Gasteiger partial charge in [0.15, 0.2) is 0 Å². The van der Waals surface area contributed by atoms with E-state index < -0.39 is 22.0 Å². The van der Waals surface area contributed by atoms with Crippen molar-refractivity contribution in [3.8, 4) is 5.75 Å². The van der Waals surface area contributed by atoms with Gasteiger partial charge in [-0.1, -0.05) is 36.8 Å². The van der Waals surface area contributed by atoms with Crippen LogP contribution in [-0.4, -0.2) is 50.1 Å². The second-order valence-electron chi connectivity index (χ2n) is 7.05. The number of aliphatic carboxylic acids is 1. The fourth-order valence-electron chi connectivity index (χ4n) is 3.33. The molecule has 0 aliphatic carbocycles. The number of carboxylic acid groups (broad SMARTS) is 1. The molecule has 29 heavy (non-hydrogen) atoms. The third-order valence-corrected chi connectivity index (χ3v) is 6.41. The molecule has 1 heterocycles. The van der Waals surface area contributed by atoms with E-state index in [1.54, 1.807) is 12.1 Å². The highest BCUT2D eigenvalue weighted by atomic mass is 32.2. The average molecular weight is 419 g/mol. The lowest BCUT2D eigenvalue weighted by Gasteiger charge is -2.31. The van der Waals surface area contributed by atoms with E-state index in [1.807, 2.05) is 35.2 Å². The van der Waals surface area contributed by atoms with Crippen LogP contribution in [0, 0.1) is 0 Å². The number of hydrogen-bond donors (Lipinski definition) is 2. The van der Waals surface area contributed by atoms with E-state index in [0.29, 0.717) is 25.4 Å². The van der Waals surface area contributed by atoms with Crippen molar-refractivity contribution in [1.82, 2.24) is 9.62 Å². The first-order chi connectivity index (χ1) is 14.0. The topological polar surface area (TPSA) is 95.9 Å². The summed E-state index contributed by atoms with van der Waals surface area (Å²) in [6.45, 7) is 1.57. The maximum Gasteiger partial charge on any atom is 0.322 e. The summed E-state index contributed by atoms with van der Waals surface area (Å²) in [6, 6.07) is 14.9. The summed E-state index contributed by atoms with van der Waals surface area (Å²) in [5.41, 5.74) is 1.02. The number of sulfonamides is 1. The molecule has 1 aliphatic rings. The van der Waals surface area contributed by atoms with Crippen molar-refractivity contribution in [3.05, 3.63) is 60.2 Å². The Bertz CT molecular complexity index is 894. The third kappa shape index (κ3) is 6.03. The Balaban J connectivity index is 1.58. The van der Waals surface area contributed by atoms with Gasteiger partial charge in [0.05, 0.1) is 4.90 Å². The van der Waals surface area contributed by atoms with E-state index >= 15 is 0 Å². The lowest BCUT2D eigenvalue weighted by Crippen LogP contribution is -2.50. The number of ether oxygens (including phenoxy) is 1. The zero-order chi connectivity index (χ0) is 20.7. The summed E-state index contributed by atoms with van der Waals surface area (Å²) in [4.78, 5) is 13.5. The maximum absolute atomic E-state index is 12.6. The van der Waals surface area contributed by atoms with Gasteiger partial charge in [-0.05, 0) is 55.8 Å². The molecular weight excluding hydrogens is 392 g/mol. The minimum Gasteiger partial charge on any atom is -0.489 e. The highest BCUT2D eigenvalue weighted by Crippen LogP contribution is 2.18. The highest BCUT2D eigenvalue weighted by Gasteiger charge is 2.28. The molecule has 2 aromatic rings. The molecule has 0 bridgehead atoms. The number of piperidine rings is 1. The van der Waals surface area contributed by atoms with E-state index in [-0.39, 0.29) is 11.4 Å². The van der Waals surface area contributed by atoms with Gasteiger partial charge < -0.3 is 9.84 Å². The normalized spacial score (nSPS) is 16.3. The molecule has 8 heteroatoms. The van der Waals surface area contributed by atoms with Crippen LogP contribution in [0.3, 0.4) is 0 Å². The van der Waals surface area contributed by atoms with Crippen LogP contribution in [-0.2, 0) is 21.4 Å². The van der Waals surface area contributed by atoms with Crippen LogP contribution in [0.1, 0.15) is 24.8 Å². The predicted octanol–water partition coefficient (Wildman–Crippen LogP) is 2.48. The quantitative estimate of drug-likeness (QED) is 0.650. The van der Waals surface area contributed by atoms with Gasteiger partial charge in [0.1, 0.15) is 18.4 Å². The molecule has 1 aliphatic heterocycles. The van der Waals surface area contributed by atoms with E-state index in [0.717, 1.165) is 24.8 Å². The minimum atomic E-state index is -3.81. The van der Waals surface area contributed by atoms with E-state index in [4.69, 9.17) is 4.74 Å². The van der Waals surface area contributed by atoms with E-state index in [9.17, 15) is 18.3 Å². The van der Waals surface area contributed by atoms with Gasteiger partial charge in [0.2, 0.25) is 10.0 Å². The molecule has 0 aromatic heterocycles. The van der Waals surface area contributed by atoms with Crippen molar-refractivity contribution in [2.75, 3.05) is 19.6 Å². The summed E-state index contributed by atoms with van der Waals surface area (Å²) in [6.07, 6.45) is 2.94. The summed E-state index contributed by atoms with van der Waals surface area (Å²) < 4.78 is 33.2. The van der Waals surface area contributed by atoms with Gasteiger partial charge in [-0.25, -0.2) is 13.1 Å². The van der Waals surface area contributed by atoms with Crippen LogP contribution in [0.2, 0.25) is 0 Å². The standard InChI is InChI=1S/C21H26N2O5S/c24-21(25)20(23-13-5-2-6-14-23)15-22-29(26,27)19-11-9-18(10-12-19)28-16-17-7-3-1-4-8-17/h1,3-4,7-12,20,22H,2,5-6,13-16H2,(H,24,25)/t20-/m0/s1. The molecule has 0 radical (unpaired) electrons. The molecule has 0 saturated carbocycles. The molecule has 1 fully saturated rings. The van der Waals surface area contributed by atoms with Gasteiger partial charge in [0, 0.05) is 6.54 Å². The number of carboxylic acids is 1. The van der Waals surface area contributed by atoms with Crippen LogP contribution in [0.4, 0.5) is 0 Å². The fourth-order valence-corrected chi connectivity index (χ4v) is 4.37. The number of carbonyl (C=O) groups is 1. The van der Waals surface area contributed by atoms with E-state index in [1.165, 1.54) is 12.1 Å². The second kappa shape index (κ2) is 9.87. The number of nitrogens with zero attached hydrogens (tertiary/aromatic N) is 1. The third-order valence-electron chi connectivity index (χ3n) is 4.97. The molecule has 2 N–H and O–H groups in total. The van der Waals surface area contributed by atoms with Crippen molar-refractivity contribution >= 4 is 16.0 Å². The van der Waals surface area contributed by atoms with Crippen LogP contribution in [0.15, 0.2) is 59.5 Å². The summed E-state index contributed by atoms with van der Waals surface area (Å²) in [5.74, 6) is -0.455. The van der Waals surface area contributed by atoms with Crippen molar-refractivity contribution in [3.63, 3.8) is 0 Å². The lowest BCUT2D eigenvalue weighted by molar-refractivity contribution is -0.143. The van der Waals surface area contributed by atoms with Crippen molar-refractivity contribution in [2.45, 2.75) is 36.8 Å². The average Bonchev–Trinajstić information content (AvgIpc) is 2.74. The van der Waals surface area contributed by atoms with Gasteiger partial charge >= 0.3 is 5.97 Å². The Labute approximate surface area is 171 Å². The molecule has 7 nitrogen and oxygen atoms in total. The molecule has 1 saturated heterocycles. The van der Waals surface area contributed by atoms with Gasteiger partial charge in [-0.3, -0.25) is 9.69 Å². The second-order valence-corrected chi connectivity index (χ2v) is 8.82. The SMILES string of the molecule is O=C(O)[C@H](CNS(=O)(=O)c1ccc(OCc2ccccc2)cc1)N1CCCCC1. The van der Waals surface area contributed by atoms with Gasteiger partial charge in [0.25, 0.3) is 0 Å². The van der Waals surface area contributed by atoms with Crippen molar-refractivity contribution in [2.24, 2.45) is 0 Å². The molecular formula is C21H26N2O5S. The molecule has 0 unspecified atom stereocenters. The predicted molar refractivity (Wildman–Crippen MR) is 109 cm³/mol. The van der Waals surface area contributed by atoms with Gasteiger partial charge in [-0.15, -0.1) is 0 Å². The maximum atomic E-state index is 12.6. The molecule has 1 atom stereocenters. The highest BCUT2D eigenvalue weighted by molar-refractivity contribution is 7.89. The van der Waals surface area contributed by atoms with Crippen LogP contribution < -0.4 is 9.46 Å². The summed E-state index contributed by atoms with van der Waals surface area (Å²) >= 11 is 0. The minimum absolute atomic E-state index is 0.0762. The van der Waals surface area contributed by atoms with Crippen LogP contribution in [0.25, 0.3) is 0 Å². The Morgan fingerprint density at radius 1 is 1.03 bits per heavy atom. The Morgan fingerprint density at radius 3 is 2.31 bits per heavy atom. The first-order valence-electron chi connectivity index (χ1n) is 9.69. The smallest absolute Gasteiger partial charge is 0.322 e. The van der Waals surface area contributed by atoms with E-state index in [2.05, 4.69) is 4.72 Å². The molecule has 3 rings (SSSR count). The number of benzene rings is 2. The zero-order valence-corrected chi connectivity index (χ0v) is 17.0. The Hall–Kier alpha value is -2.42. The number of hydrogen-bond acceptors (Lipinski definition) is 5. The van der Waals surface area contributed by atoms with Gasteiger partial charge in [-0.2, -0.15) is 0 Å². The first-order valence-corrected chi connectivity index (χ1v) is 11.2. The van der Waals surface area contributed by atoms with Crippen molar-refractivity contribution < 1.29 is 23.1 Å². The largest absolute Gasteiger partial charge is 0.489 e. The summed E-state index contributed by atoms with van der Waals surface area (Å²) in [5, 5.41) is 9.49. The molecule has 0 spiro atoms. The first kappa shape index (κ1) is 21.3.